The Morgan fingerprint density at radius 2 is 1.32 bits per heavy atom. The summed E-state index contributed by atoms with van der Waals surface area (Å²) in [5, 5.41) is 0. The first-order valence-corrected chi connectivity index (χ1v) is 7.97. The molecule has 0 aromatic heterocycles. The summed E-state index contributed by atoms with van der Waals surface area (Å²) in [6, 6.07) is 5.78. The zero-order valence-electron chi connectivity index (χ0n) is 12.9. The highest BCUT2D eigenvalue weighted by atomic mass is 32.2. The molecule has 0 aliphatic heterocycles. The van der Waals surface area contributed by atoms with Crippen molar-refractivity contribution in [3.8, 4) is 0 Å². The van der Waals surface area contributed by atoms with Gasteiger partial charge in [-0.3, -0.25) is 4.21 Å². The van der Waals surface area contributed by atoms with Crippen LogP contribution in [0, 0.1) is 0 Å². The van der Waals surface area contributed by atoms with Crippen molar-refractivity contribution in [1.29, 1.82) is 0 Å². The zero-order valence-corrected chi connectivity index (χ0v) is 13.7. The van der Waals surface area contributed by atoms with Crippen LogP contribution in [-0.2, 0) is 21.9 Å². The predicted octanol–water partition coefficient (Wildman–Crippen LogP) is 4.30. The Morgan fingerprint density at radius 1 is 0.947 bits per heavy atom. The Balaban J connectivity index is 3.47. The molecule has 0 saturated carbocycles. The largest absolute Gasteiger partial charge is 0.768 e. The number of hydrogen-bond donors (Lipinski definition) is 0. The lowest BCUT2D eigenvalue weighted by Gasteiger charge is -2.30. The third-order valence-electron chi connectivity index (χ3n) is 4.43. The van der Waals surface area contributed by atoms with Gasteiger partial charge in [0.05, 0.1) is 0 Å². The molecule has 2 nitrogen and oxygen atoms in total. The monoisotopic (exact) mass is 281 g/mol. The first-order valence-electron chi connectivity index (χ1n) is 6.89. The average Bonchev–Trinajstić information content (AvgIpc) is 2.38. The van der Waals surface area contributed by atoms with Crippen molar-refractivity contribution in [2.24, 2.45) is 0 Å². The summed E-state index contributed by atoms with van der Waals surface area (Å²) in [6.07, 6.45) is 1.96. The fourth-order valence-electron chi connectivity index (χ4n) is 1.89. The highest BCUT2D eigenvalue weighted by Crippen LogP contribution is 2.34. The summed E-state index contributed by atoms with van der Waals surface area (Å²) in [5.74, 6) is 0. The summed E-state index contributed by atoms with van der Waals surface area (Å²) in [6.45, 7) is 12.9. The van der Waals surface area contributed by atoms with Gasteiger partial charge in [-0.1, -0.05) is 47.6 Å². The van der Waals surface area contributed by atoms with Gasteiger partial charge in [0.2, 0.25) is 0 Å². The Bertz CT molecular complexity index is 441. The Hall–Kier alpha value is -0.670. The van der Waals surface area contributed by atoms with Crippen molar-refractivity contribution < 1.29 is 8.76 Å². The topological polar surface area (TPSA) is 40.1 Å². The SMILES string of the molecule is CCC(C)(C)c1cc(S(=O)[O-])cc(C(C)(C)CC)c1. The molecule has 3 heteroatoms. The molecule has 0 radical (unpaired) electrons. The van der Waals surface area contributed by atoms with Crippen molar-refractivity contribution in [2.75, 3.05) is 0 Å². The van der Waals surface area contributed by atoms with E-state index in [4.69, 9.17) is 0 Å². The molecule has 1 unspecified atom stereocenters. The van der Waals surface area contributed by atoms with E-state index in [1.807, 2.05) is 12.1 Å². The molecule has 19 heavy (non-hydrogen) atoms. The van der Waals surface area contributed by atoms with Crippen LogP contribution in [0.5, 0.6) is 0 Å². The maximum absolute atomic E-state index is 11.3. The molecule has 0 N–H and O–H groups in total. The van der Waals surface area contributed by atoms with E-state index in [0.717, 1.165) is 24.0 Å². The van der Waals surface area contributed by atoms with Crippen LogP contribution in [0.3, 0.4) is 0 Å². The van der Waals surface area contributed by atoms with E-state index in [1.165, 1.54) is 0 Å². The van der Waals surface area contributed by atoms with E-state index in [0.29, 0.717) is 4.90 Å². The van der Waals surface area contributed by atoms with Crippen LogP contribution in [0.4, 0.5) is 0 Å². The molecule has 0 heterocycles. The van der Waals surface area contributed by atoms with Crippen molar-refractivity contribution >= 4 is 11.1 Å². The second kappa shape index (κ2) is 5.76. The predicted molar refractivity (Wildman–Crippen MR) is 80.3 cm³/mol. The van der Waals surface area contributed by atoms with Crippen molar-refractivity contribution in [2.45, 2.75) is 70.1 Å². The number of rotatable bonds is 5. The van der Waals surface area contributed by atoms with Gasteiger partial charge in [-0.25, -0.2) is 0 Å². The van der Waals surface area contributed by atoms with Crippen molar-refractivity contribution in [3.63, 3.8) is 0 Å². The van der Waals surface area contributed by atoms with Crippen LogP contribution < -0.4 is 0 Å². The third kappa shape index (κ3) is 3.67. The Labute approximate surface area is 119 Å². The van der Waals surface area contributed by atoms with Gasteiger partial charge < -0.3 is 4.55 Å². The van der Waals surface area contributed by atoms with Crippen LogP contribution in [0.25, 0.3) is 0 Å². The van der Waals surface area contributed by atoms with E-state index in [-0.39, 0.29) is 10.8 Å². The minimum absolute atomic E-state index is 0.00600. The molecule has 0 aliphatic rings. The normalized spacial score (nSPS) is 14.5. The molecule has 108 valence electrons. The molecule has 0 spiro atoms. The molecule has 0 amide bonds. The van der Waals surface area contributed by atoms with E-state index in [2.05, 4.69) is 47.6 Å². The van der Waals surface area contributed by atoms with Crippen LogP contribution >= 0.6 is 0 Å². The van der Waals surface area contributed by atoms with Crippen molar-refractivity contribution in [1.82, 2.24) is 0 Å². The molecule has 0 bridgehead atoms. The lowest BCUT2D eigenvalue weighted by atomic mass is 9.77. The van der Waals surface area contributed by atoms with Gasteiger partial charge in [0.25, 0.3) is 0 Å². The maximum atomic E-state index is 11.3. The smallest absolute Gasteiger partial charge is 0.0254 e. The number of benzene rings is 1. The standard InChI is InChI=1S/C16H26O2S/c1-7-15(3,4)12-9-13(16(5,6)8-2)11-14(10-12)19(17)18/h9-11H,7-8H2,1-6H3,(H,17,18)/p-1. The summed E-state index contributed by atoms with van der Waals surface area (Å²) < 4.78 is 22.7. The molecule has 0 saturated heterocycles. The lowest BCUT2D eigenvalue weighted by Crippen LogP contribution is -2.20. The summed E-state index contributed by atoms with van der Waals surface area (Å²) in [7, 11) is 0. The summed E-state index contributed by atoms with van der Waals surface area (Å²) in [5.41, 5.74) is 2.20. The highest BCUT2D eigenvalue weighted by molar-refractivity contribution is 7.79. The molecule has 0 fully saturated rings. The molecular weight excluding hydrogens is 256 g/mol. The van der Waals surface area contributed by atoms with Crippen LogP contribution in [0.2, 0.25) is 0 Å². The third-order valence-corrected chi connectivity index (χ3v) is 5.05. The second-order valence-corrected chi connectivity index (χ2v) is 7.40. The maximum Gasteiger partial charge on any atom is 0.0254 e. The molecule has 1 rings (SSSR count). The zero-order chi connectivity index (χ0) is 14.8. The first-order chi connectivity index (χ1) is 8.64. The molecule has 0 aliphatic carbocycles. The lowest BCUT2D eigenvalue weighted by molar-refractivity contribution is 0.485. The molecule has 1 aromatic carbocycles. The van der Waals surface area contributed by atoms with E-state index >= 15 is 0 Å². The molecular formula is C16H25O2S-. The Kier molecular flexibility index (Phi) is 4.97. The highest BCUT2D eigenvalue weighted by Gasteiger charge is 2.24. The van der Waals surface area contributed by atoms with E-state index in [1.54, 1.807) is 0 Å². The van der Waals surface area contributed by atoms with Gasteiger partial charge in [-0.15, -0.1) is 0 Å². The first kappa shape index (κ1) is 16.4. The van der Waals surface area contributed by atoms with Crippen LogP contribution in [-0.4, -0.2) is 8.76 Å². The van der Waals surface area contributed by atoms with Crippen molar-refractivity contribution in [3.05, 3.63) is 29.3 Å². The summed E-state index contributed by atoms with van der Waals surface area (Å²) in [4.78, 5) is 0.399. The van der Waals surface area contributed by atoms with Crippen LogP contribution in [0.1, 0.15) is 65.5 Å². The van der Waals surface area contributed by atoms with Gasteiger partial charge in [-0.2, -0.15) is 0 Å². The molecule has 1 atom stereocenters. The molecule has 1 aromatic rings. The fraction of sp³-hybridized carbons (Fsp3) is 0.625. The fourth-order valence-corrected chi connectivity index (χ4v) is 2.33. The average molecular weight is 281 g/mol. The second-order valence-electron chi connectivity index (χ2n) is 6.46. The number of hydrogen-bond acceptors (Lipinski definition) is 2. The Morgan fingerprint density at radius 3 is 1.58 bits per heavy atom. The minimum atomic E-state index is -2.17. The van der Waals surface area contributed by atoms with E-state index in [9.17, 15) is 8.76 Å². The summed E-state index contributed by atoms with van der Waals surface area (Å²) >= 11 is -2.17. The van der Waals surface area contributed by atoms with Gasteiger partial charge in [0, 0.05) is 4.90 Å². The van der Waals surface area contributed by atoms with Gasteiger partial charge in [0.1, 0.15) is 0 Å². The van der Waals surface area contributed by atoms with Gasteiger partial charge >= 0.3 is 0 Å². The van der Waals surface area contributed by atoms with Gasteiger partial charge in [-0.05, 0) is 58.0 Å². The van der Waals surface area contributed by atoms with Crippen LogP contribution in [0.15, 0.2) is 23.1 Å². The minimum Gasteiger partial charge on any atom is -0.768 e. The van der Waals surface area contributed by atoms with E-state index < -0.39 is 11.1 Å². The van der Waals surface area contributed by atoms with Gasteiger partial charge in [0.15, 0.2) is 0 Å². The quantitative estimate of drug-likeness (QED) is 0.755.